The molecule has 0 aliphatic carbocycles. The summed E-state index contributed by atoms with van der Waals surface area (Å²) in [4.78, 5) is 27.5. The minimum atomic E-state index is -0.109. The van der Waals surface area contributed by atoms with E-state index in [1.807, 2.05) is 77.9 Å². The van der Waals surface area contributed by atoms with Crippen LogP contribution in [0, 0.1) is 6.92 Å². The van der Waals surface area contributed by atoms with Crippen LogP contribution in [0.3, 0.4) is 0 Å². The van der Waals surface area contributed by atoms with Crippen molar-refractivity contribution < 1.29 is 9.59 Å². The fraction of sp³-hybridized carbons (Fsp3) is 0.333. The molecule has 7 nitrogen and oxygen atoms in total. The molecule has 1 fully saturated rings. The number of nitrogens with zero attached hydrogens (tertiary/aromatic N) is 4. The number of thioether (sulfide) groups is 1. The van der Waals surface area contributed by atoms with Gasteiger partial charge in [0.25, 0.3) is 5.91 Å². The molecule has 1 saturated heterocycles. The van der Waals surface area contributed by atoms with E-state index < -0.39 is 0 Å². The van der Waals surface area contributed by atoms with Crippen molar-refractivity contribution in [2.24, 2.45) is 0 Å². The van der Waals surface area contributed by atoms with Crippen LogP contribution >= 0.6 is 11.8 Å². The number of aromatic nitrogens is 3. The lowest BCUT2D eigenvalue weighted by Crippen LogP contribution is -2.32. The monoisotopic (exact) mass is 449 g/mol. The number of amides is 2. The highest BCUT2D eigenvalue weighted by atomic mass is 32.2. The highest BCUT2D eigenvalue weighted by Crippen LogP contribution is 2.34. The summed E-state index contributed by atoms with van der Waals surface area (Å²) in [7, 11) is 0. The lowest BCUT2D eigenvalue weighted by molar-refractivity contribution is -0.113. The van der Waals surface area contributed by atoms with Crippen molar-refractivity contribution in [2.45, 2.75) is 44.4 Å². The number of para-hydroxylation sites is 1. The average Bonchev–Trinajstić information content (AvgIpc) is 3.44. The number of hydrogen-bond acceptors (Lipinski definition) is 5. The molecule has 8 heteroatoms. The van der Waals surface area contributed by atoms with Gasteiger partial charge in [-0.25, -0.2) is 0 Å². The van der Waals surface area contributed by atoms with E-state index in [9.17, 15) is 9.59 Å². The van der Waals surface area contributed by atoms with E-state index >= 15 is 0 Å². The molecule has 2 amide bonds. The highest BCUT2D eigenvalue weighted by molar-refractivity contribution is 7.99. The maximum atomic E-state index is 13.3. The minimum absolute atomic E-state index is 0.0349. The average molecular weight is 450 g/mol. The van der Waals surface area contributed by atoms with Gasteiger partial charge in [0.05, 0.1) is 11.8 Å². The Kier molecular flexibility index (Phi) is 6.90. The number of nitrogens with one attached hydrogen (secondary N) is 1. The predicted octanol–water partition coefficient (Wildman–Crippen LogP) is 4.31. The van der Waals surface area contributed by atoms with Crippen LogP contribution in [0.4, 0.5) is 5.69 Å². The summed E-state index contributed by atoms with van der Waals surface area (Å²) in [6, 6.07) is 17.0. The van der Waals surface area contributed by atoms with Crippen LogP contribution in [0.2, 0.25) is 0 Å². The highest BCUT2D eigenvalue weighted by Gasteiger charge is 2.35. The topological polar surface area (TPSA) is 80.1 Å². The van der Waals surface area contributed by atoms with E-state index in [0.29, 0.717) is 18.2 Å². The minimum Gasteiger partial charge on any atom is -0.328 e. The molecule has 2 heterocycles. The lowest BCUT2D eigenvalue weighted by Gasteiger charge is -2.25. The fourth-order valence-corrected chi connectivity index (χ4v) is 4.85. The molecular weight excluding hydrogens is 422 g/mol. The SMILES string of the molecule is CCn1c(SCC(=O)Nc2ccccc2)nnc1C1CCCN1C(=O)c1ccccc1C. The molecular formula is C24H27N5O2S. The molecule has 1 atom stereocenters. The molecule has 1 unspecified atom stereocenters. The van der Waals surface area contributed by atoms with Gasteiger partial charge in [-0.3, -0.25) is 9.59 Å². The third-order valence-electron chi connectivity index (χ3n) is 5.64. The van der Waals surface area contributed by atoms with Crippen LogP contribution < -0.4 is 5.32 Å². The Hall–Kier alpha value is -3.13. The van der Waals surface area contributed by atoms with Gasteiger partial charge < -0.3 is 14.8 Å². The Labute approximate surface area is 192 Å². The zero-order chi connectivity index (χ0) is 22.5. The van der Waals surface area contributed by atoms with Crippen molar-refractivity contribution in [3.63, 3.8) is 0 Å². The Bertz CT molecular complexity index is 1100. The Morgan fingerprint density at radius 3 is 2.59 bits per heavy atom. The number of benzene rings is 2. The zero-order valence-electron chi connectivity index (χ0n) is 18.3. The van der Waals surface area contributed by atoms with Gasteiger partial charge in [0.2, 0.25) is 5.91 Å². The number of likely N-dealkylation sites (tertiary alicyclic amines) is 1. The van der Waals surface area contributed by atoms with E-state index in [1.54, 1.807) is 0 Å². The van der Waals surface area contributed by atoms with E-state index in [-0.39, 0.29) is 23.6 Å². The predicted molar refractivity (Wildman–Crippen MR) is 126 cm³/mol. The van der Waals surface area contributed by atoms with Gasteiger partial charge in [0, 0.05) is 24.3 Å². The normalized spacial score (nSPS) is 15.7. The molecule has 0 saturated carbocycles. The summed E-state index contributed by atoms with van der Waals surface area (Å²) in [5.41, 5.74) is 2.47. The number of rotatable bonds is 7. The van der Waals surface area contributed by atoms with Gasteiger partial charge in [0.15, 0.2) is 11.0 Å². The molecule has 32 heavy (non-hydrogen) atoms. The Balaban J connectivity index is 1.47. The molecule has 0 bridgehead atoms. The van der Waals surface area contributed by atoms with Crippen LogP contribution in [0.1, 0.15) is 47.6 Å². The fourth-order valence-electron chi connectivity index (χ4n) is 4.04. The Morgan fingerprint density at radius 1 is 1.09 bits per heavy atom. The van der Waals surface area contributed by atoms with E-state index in [2.05, 4.69) is 15.5 Å². The van der Waals surface area contributed by atoms with Crippen molar-refractivity contribution in [1.82, 2.24) is 19.7 Å². The van der Waals surface area contributed by atoms with Crippen molar-refractivity contribution in [2.75, 3.05) is 17.6 Å². The quantitative estimate of drug-likeness (QED) is 0.544. The van der Waals surface area contributed by atoms with Crippen LogP contribution in [0.5, 0.6) is 0 Å². The molecule has 1 aliphatic heterocycles. The standard InChI is InChI=1S/C24H27N5O2S/c1-3-28-22(20-14-9-15-29(20)23(31)19-13-8-7-10-17(19)2)26-27-24(28)32-16-21(30)25-18-11-5-4-6-12-18/h4-8,10-13,20H,3,9,14-16H2,1-2H3,(H,25,30). The first-order chi connectivity index (χ1) is 15.6. The van der Waals surface area contributed by atoms with E-state index in [0.717, 1.165) is 35.5 Å². The van der Waals surface area contributed by atoms with Crippen LogP contribution in [-0.2, 0) is 11.3 Å². The number of hydrogen-bond donors (Lipinski definition) is 1. The summed E-state index contributed by atoms with van der Waals surface area (Å²) in [5, 5.41) is 12.4. The maximum absolute atomic E-state index is 13.3. The van der Waals surface area contributed by atoms with E-state index in [1.165, 1.54) is 11.8 Å². The first-order valence-electron chi connectivity index (χ1n) is 10.9. The molecule has 4 rings (SSSR count). The van der Waals surface area contributed by atoms with Gasteiger partial charge in [-0.1, -0.05) is 48.2 Å². The largest absolute Gasteiger partial charge is 0.328 e. The van der Waals surface area contributed by atoms with Crippen molar-refractivity contribution >= 4 is 29.3 Å². The molecule has 1 aliphatic rings. The maximum Gasteiger partial charge on any atom is 0.254 e. The van der Waals surface area contributed by atoms with Crippen LogP contribution in [0.25, 0.3) is 0 Å². The molecule has 3 aromatic rings. The number of anilines is 1. The second kappa shape index (κ2) is 9.99. The van der Waals surface area contributed by atoms with Crippen molar-refractivity contribution in [1.29, 1.82) is 0 Å². The Morgan fingerprint density at radius 2 is 1.84 bits per heavy atom. The molecule has 166 valence electrons. The van der Waals surface area contributed by atoms with Gasteiger partial charge in [0.1, 0.15) is 0 Å². The number of carbonyl (C=O) groups excluding carboxylic acids is 2. The smallest absolute Gasteiger partial charge is 0.254 e. The molecule has 1 N–H and O–H groups in total. The first-order valence-corrected chi connectivity index (χ1v) is 11.8. The van der Waals surface area contributed by atoms with Gasteiger partial charge in [-0.05, 0) is 50.5 Å². The van der Waals surface area contributed by atoms with Gasteiger partial charge in [-0.2, -0.15) is 0 Å². The van der Waals surface area contributed by atoms with Gasteiger partial charge in [-0.15, -0.1) is 10.2 Å². The number of aryl methyl sites for hydroxylation is 1. The van der Waals surface area contributed by atoms with Crippen LogP contribution in [-0.4, -0.2) is 43.8 Å². The van der Waals surface area contributed by atoms with E-state index in [4.69, 9.17) is 0 Å². The third-order valence-corrected chi connectivity index (χ3v) is 6.61. The summed E-state index contributed by atoms with van der Waals surface area (Å²) < 4.78 is 2.02. The summed E-state index contributed by atoms with van der Waals surface area (Å²) in [5.74, 6) is 0.972. The van der Waals surface area contributed by atoms with Crippen molar-refractivity contribution in [3.05, 3.63) is 71.5 Å². The molecule has 0 spiro atoms. The van der Waals surface area contributed by atoms with Crippen molar-refractivity contribution in [3.8, 4) is 0 Å². The summed E-state index contributed by atoms with van der Waals surface area (Å²) >= 11 is 1.36. The van der Waals surface area contributed by atoms with Gasteiger partial charge >= 0.3 is 0 Å². The molecule has 1 aromatic heterocycles. The number of carbonyl (C=O) groups is 2. The summed E-state index contributed by atoms with van der Waals surface area (Å²) in [6.45, 7) is 5.37. The molecule has 0 radical (unpaired) electrons. The summed E-state index contributed by atoms with van der Waals surface area (Å²) in [6.07, 6.45) is 1.79. The second-order valence-electron chi connectivity index (χ2n) is 7.76. The lowest BCUT2D eigenvalue weighted by atomic mass is 10.1. The first kappa shape index (κ1) is 22.1. The third kappa shape index (κ3) is 4.70. The van der Waals surface area contributed by atoms with Crippen LogP contribution in [0.15, 0.2) is 59.8 Å². The zero-order valence-corrected chi connectivity index (χ0v) is 19.1. The second-order valence-corrected chi connectivity index (χ2v) is 8.70. The molecule has 2 aromatic carbocycles.